The second-order valence-electron chi connectivity index (χ2n) is 5.45. The van der Waals surface area contributed by atoms with Gasteiger partial charge in [0, 0.05) is 34.2 Å². The smallest absolute Gasteiger partial charge is 0.275 e. The van der Waals surface area contributed by atoms with Crippen LogP contribution < -0.4 is 11.2 Å². The second kappa shape index (κ2) is 7.66. The maximum Gasteiger partial charge on any atom is 0.275 e. The molecular formula is C17H15ClN6O2. The van der Waals surface area contributed by atoms with Crippen LogP contribution in [0.25, 0.3) is 10.9 Å². The number of hydrogen-bond donors (Lipinski definition) is 2. The Labute approximate surface area is 153 Å². The molecule has 9 heteroatoms. The number of nitrogens with two attached hydrogens (primary N) is 1. The Balaban J connectivity index is 1.89. The third-order valence-electron chi connectivity index (χ3n) is 3.65. The van der Waals surface area contributed by atoms with E-state index < -0.39 is 11.0 Å². The molecule has 0 radical (unpaired) electrons. The van der Waals surface area contributed by atoms with Crippen molar-refractivity contribution < 1.29 is 5.03 Å². The molecule has 26 heavy (non-hydrogen) atoms. The fourth-order valence-corrected chi connectivity index (χ4v) is 2.69. The van der Waals surface area contributed by atoms with E-state index in [1.807, 2.05) is 54.7 Å². The minimum atomic E-state index is -0.799. The topological polar surface area (TPSA) is 111 Å². The summed E-state index contributed by atoms with van der Waals surface area (Å²) in [4.78, 5) is 10.3. The molecule has 0 aliphatic rings. The van der Waals surface area contributed by atoms with Crippen LogP contribution in [0.1, 0.15) is 11.1 Å². The van der Waals surface area contributed by atoms with Gasteiger partial charge in [0.2, 0.25) is 0 Å². The van der Waals surface area contributed by atoms with Crippen molar-refractivity contribution in [2.75, 3.05) is 0 Å². The summed E-state index contributed by atoms with van der Waals surface area (Å²) in [7, 11) is 0. The minimum Gasteiger partial charge on any atom is -0.364 e. The maximum atomic E-state index is 10.3. The summed E-state index contributed by atoms with van der Waals surface area (Å²) in [6.45, 7) is 0.666. The highest BCUT2D eigenvalue weighted by molar-refractivity contribution is 6.30. The van der Waals surface area contributed by atoms with Gasteiger partial charge in [-0.25, -0.2) is 10.1 Å². The van der Waals surface area contributed by atoms with Crippen LogP contribution in [-0.2, 0) is 6.54 Å². The van der Waals surface area contributed by atoms with Crippen LogP contribution in [-0.4, -0.2) is 21.8 Å². The third kappa shape index (κ3) is 4.17. The Kier molecular flexibility index (Phi) is 5.14. The van der Waals surface area contributed by atoms with Crippen LogP contribution in [0, 0.1) is 10.1 Å². The van der Waals surface area contributed by atoms with E-state index in [0.717, 1.165) is 22.0 Å². The zero-order chi connectivity index (χ0) is 18.5. The molecule has 0 aliphatic heterocycles. The number of nitro groups is 1. The number of benzene rings is 2. The first kappa shape index (κ1) is 17.4. The summed E-state index contributed by atoms with van der Waals surface area (Å²) in [6.07, 6.45) is 3.45. The van der Waals surface area contributed by atoms with Crippen LogP contribution in [0.5, 0.6) is 0 Å². The van der Waals surface area contributed by atoms with Gasteiger partial charge in [0.25, 0.3) is 5.96 Å². The Morgan fingerprint density at radius 2 is 2.00 bits per heavy atom. The Hall–Kier alpha value is -3.39. The number of guanidine groups is 1. The van der Waals surface area contributed by atoms with Gasteiger partial charge in [0.1, 0.15) is 0 Å². The van der Waals surface area contributed by atoms with Gasteiger partial charge in [-0.15, -0.1) is 5.10 Å². The lowest BCUT2D eigenvalue weighted by atomic mass is 10.2. The van der Waals surface area contributed by atoms with Gasteiger partial charge >= 0.3 is 0 Å². The zero-order valence-corrected chi connectivity index (χ0v) is 14.3. The molecule has 3 aromatic rings. The molecular weight excluding hydrogens is 356 g/mol. The standard InChI is InChI=1S/C17H15ClN6O2/c18-14-7-5-12(6-8-14)10-23-11-13(15-3-1-2-4-16(15)23)9-20-21-17(19)22-24(25)26/h1-9,11H,10H2,(H3,19,21,22). The van der Waals surface area contributed by atoms with Crippen molar-refractivity contribution in [3.63, 3.8) is 0 Å². The summed E-state index contributed by atoms with van der Waals surface area (Å²) in [5.74, 6) is -0.392. The van der Waals surface area contributed by atoms with E-state index in [4.69, 9.17) is 17.3 Å². The van der Waals surface area contributed by atoms with Crippen molar-refractivity contribution in [3.8, 4) is 0 Å². The molecule has 1 aromatic heterocycles. The minimum absolute atomic E-state index is 0.392. The molecule has 0 unspecified atom stereocenters. The normalized spacial score (nSPS) is 12.0. The monoisotopic (exact) mass is 370 g/mol. The van der Waals surface area contributed by atoms with E-state index in [0.29, 0.717) is 11.6 Å². The number of hydrazine groups is 1. The maximum absolute atomic E-state index is 10.3. The summed E-state index contributed by atoms with van der Waals surface area (Å²) in [5.41, 5.74) is 10.0. The van der Waals surface area contributed by atoms with Crippen LogP contribution in [0.2, 0.25) is 5.02 Å². The highest BCUT2D eigenvalue weighted by Gasteiger charge is 2.07. The number of para-hydroxylation sites is 1. The first-order chi connectivity index (χ1) is 12.5. The van der Waals surface area contributed by atoms with Gasteiger partial charge in [0.15, 0.2) is 5.03 Å². The number of aromatic nitrogens is 1. The average Bonchev–Trinajstić information content (AvgIpc) is 2.94. The van der Waals surface area contributed by atoms with Gasteiger partial charge in [-0.2, -0.15) is 5.10 Å². The molecule has 0 bridgehead atoms. The van der Waals surface area contributed by atoms with E-state index in [1.165, 1.54) is 6.21 Å². The number of hydrogen-bond acceptors (Lipinski definition) is 4. The summed E-state index contributed by atoms with van der Waals surface area (Å²) < 4.78 is 2.09. The van der Waals surface area contributed by atoms with E-state index >= 15 is 0 Å². The molecule has 2 aromatic carbocycles. The lowest BCUT2D eigenvalue weighted by Crippen LogP contribution is -2.35. The fourth-order valence-electron chi connectivity index (χ4n) is 2.56. The Morgan fingerprint density at radius 1 is 1.27 bits per heavy atom. The van der Waals surface area contributed by atoms with Crippen LogP contribution >= 0.6 is 11.6 Å². The molecule has 0 saturated heterocycles. The molecule has 0 spiro atoms. The molecule has 0 fully saturated rings. The first-order valence-corrected chi connectivity index (χ1v) is 8.00. The largest absolute Gasteiger partial charge is 0.364 e. The lowest BCUT2D eigenvalue weighted by Gasteiger charge is -2.05. The molecule has 0 aliphatic carbocycles. The van der Waals surface area contributed by atoms with Crippen molar-refractivity contribution >= 4 is 34.7 Å². The van der Waals surface area contributed by atoms with Gasteiger partial charge in [-0.05, 0) is 23.8 Å². The molecule has 8 nitrogen and oxygen atoms in total. The van der Waals surface area contributed by atoms with Crippen molar-refractivity contribution in [1.29, 1.82) is 0 Å². The van der Waals surface area contributed by atoms with Gasteiger partial charge in [-0.3, -0.25) is 0 Å². The molecule has 1 heterocycles. The SMILES string of the molecule is NC(=NN=Cc1cn(Cc2ccc(Cl)cc2)c2ccccc12)N[N+](=O)[O-]. The van der Waals surface area contributed by atoms with E-state index in [1.54, 1.807) is 5.43 Å². The van der Waals surface area contributed by atoms with Gasteiger partial charge in [-0.1, -0.05) is 47.4 Å². The molecule has 3 N–H and O–H groups in total. The third-order valence-corrected chi connectivity index (χ3v) is 3.91. The van der Waals surface area contributed by atoms with Crippen LogP contribution in [0.3, 0.4) is 0 Å². The summed E-state index contributed by atoms with van der Waals surface area (Å²) >= 11 is 5.93. The predicted molar refractivity (Wildman–Crippen MR) is 102 cm³/mol. The van der Waals surface area contributed by atoms with E-state index in [-0.39, 0.29) is 0 Å². The highest BCUT2D eigenvalue weighted by atomic mass is 35.5. The quantitative estimate of drug-likeness (QED) is 0.311. The number of nitrogens with zero attached hydrogens (tertiary/aromatic N) is 4. The molecule has 0 saturated carbocycles. The number of halogens is 1. The first-order valence-electron chi connectivity index (χ1n) is 7.63. The zero-order valence-electron chi connectivity index (χ0n) is 13.5. The highest BCUT2D eigenvalue weighted by Crippen LogP contribution is 2.21. The summed E-state index contributed by atoms with van der Waals surface area (Å²) in [5, 5.41) is 18.5. The van der Waals surface area contributed by atoms with E-state index in [2.05, 4.69) is 14.8 Å². The Bertz CT molecular complexity index is 994. The summed E-state index contributed by atoms with van der Waals surface area (Å²) in [6, 6.07) is 15.5. The fraction of sp³-hybridized carbons (Fsp3) is 0.0588. The Morgan fingerprint density at radius 3 is 2.73 bits per heavy atom. The molecule has 3 rings (SSSR count). The van der Waals surface area contributed by atoms with Crippen molar-refractivity contribution in [1.82, 2.24) is 9.99 Å². The van der Waals surface area contributed by atoms with Gasteiger partial charge < -0.3 is 10.3 Å². The number of fused-ring (bicyclic) bond motifs is 1. The number of rotatable bonds is 5. The van der Waals surface area contributed by atoms with Crippen LogP contribution in [0.4, 0.5) is 0 Å². The van der Waals surface area contributed by atoms with Gasteiger partial charge in [0.05, 0.1) is 6.21 Å². The molecule has 132 valence electrons. The predicted octanol–water partition coefficient (Wildman–Crippen LogP) is 2.77. The average molecular weight is 371 g/mol. The molecule has 0 amide bonds. The van der Waals surface area contributed by atoms with Crippen LogP contribution in [0.15, 0.2) is 64.9 Å². The van der Waals surface area contributed by atoms with Crippen molar-refractivity contribution in [3.05, 3.63) is 81.0 Å². The van der Waals surface area contributed by atoms with Crippen molar-refractivity contribution in [2.24, 2.45) is 15.9 Å². The van der Waals surface area contributed by atoms with E-state index in [9.17, 15) is 10.1 Å². The number of nitrogens with one attached hydrogen (secondary N) is 1. The van der Waals surface area contributed by atoms with Crippen molar-refractivity contribution in [2.45, 2.75) is 6.54 Å². The lowest BCUT2D eigenvalue weighted by molar-refractivity contribution is -0.525. The second-order valence-corrected chi connectivity index (χ2v) is 5.89. The molecule has 0 atom stereocenters.